The average molecular weight is 267 g/mol. The van der Waals surface area contributed by atoms with E-state index in [2.05, 4.69) is 16.4 Å². The molecule has 1 N–H and O–H groups in total. The smallest absolute Gasteiger partial charge is 0.254 e. The van der Waals surface area contributed by atoms with E-state index in [0.717, 1.165) is 0 Å². The van der Waals surface area contributed by atoms with Crippen LogP contribution in [-0.2, 0) is 0 Å². The van der Waals surface area contributed by atoms with E-state index in [1.165, 1.54) is 6.20 Å². The van der Waals surface area contributed by atoms with Crippen LogP contribution >= 0.6 is 0 Å². The number of carbonyl (C=O) groups excluding carboxylic acids is 1. The summed E-state index contributed by atoms with van der Waals surface area (Å²) in [5.41, 5.74) is 1.12. The Kier molecular flexibility index (Phi) is 4.30. The van der Waals surface area contributed by atoms with Crippen molar-refractivity contribution in [3.8, 4) is 11.8 Å². The minimum Gasteiger partial charge on any atom is -0.497 e. The third-order valence-corrected chi connectivity index (χ3v) is 2.78. The van der Waals surface area contributed by atoms with Gasteiger partial charge in [0.2, 0.25) is 0 Å². The Balaban J connectivity index is 2.13. The maximum Gasteiger partial charge on any atom is 0.254 e. The number of aromatic nitrogens is 1. The number of pyridine rings is 1. The second-order valence-corrected chi connectivity index (χ2v) is 4.05. The van der Waals surface area contributed by atoms with Gasteiger partial charge in [-0.1, -0.05) is 12.1 Å². The zero-order valence-corrected chi connectivity index (χ0v) is 10.9. The van der Waals surface area contributed by atoms with E-state index in [4.69, 9.17) is 4.74 Å². The fourth-order valence-electron chi connectivity index (χ4n) is 1.70. The van der Waals surface area contributed by atoms with E-state index >= 15 is 0 Å². The van der Waals surface area contributed by atoms with Crippen molar-refractivity contribution in [2.45, 2.75) is 6.04 Å². The van der Waals surface area contributed by atoms with Gasteiger partial charge >= 0.3 is 0 Å². The summed E-state index contributed by atoms with van der Waals surface area (Å²) in [6.07, 6.45) is 3.04. The molecule has 0 fully saturated rings. The lowest BCUT2D eigenvalue weighted by atomic mass is 10.1. The molecule has 0 bridgehead atoms. The minimum absolute atomic E-state index is 0.333. The molecule has 1 amide bonds. The Morgan fingerprint density at radius 1 is 1.35 bits per heavy atom. The number of amides is 1. The quantitative estimate of drug-likeness (QED) is 0.920. The highest BCUT2D eigenvalue weighted by molar-refractivity contribution is 5.94. The fraction of sp³-hybridized carbons (Fsp3) is 0.133. The van der Waals surface area contributed by atoms with Crippen molar-refractivity contribution in [2.75, 3.05) is 7.11 Å². The van der Waals surface area contributed by atoms with Crippen LogP contribution in [0.2, 0.25) is 0 Å². The van der Waals surface area contributed by atoms with Crippen LogP contribution in [0.5, 0.6) is 5.75 Å². The number of nitrogens with one attached hydrogen (secondary N) is 1. The van der Waals surface area contributed by atoms with Crippen molar-refractivity contribution in [1.82, 2.24) is 10.3 Å². The van der Waals surface area contributed by atoms with Gasteiger partial charge in [0.05, 0.1) is 18.7 Å². The Morgan fingerprint density at radius 2 is 2.10 bits per heavy atom. The molecule has 2 aromatic rings. The highest BCUT2D eigenvalue weighted by atomic mass is 16.5. The summed E-state index contributed by atoms with van der Waals surface area (Å²) in [5, 5.41) is 11.8. The zero-order chi connectivity index (χ0) is 14.4. The molecule has 0 spiro atoms. The zero-order valence-electron chi connectivity index (χ0n) is 10.9. The number of methoxy groups -OCH3 is 1. The van der Waals surface area contributed by atoms with Crippen molar-refractivity contribution >= 4 is 5.91 Å². The van der Waals surface area contributed by atoms with Crippen LogP contribution < -0.4 is 10.1 Å². The van der Waals surface area contributed by atoms with E-state index < -0.39 is 6.04 Å². The normalized spacial score (nSPS) is 11.2. The molecule has 0 radical (unpaired) electrons. The van der Waals surface area contributed by atoms with Crippen LogP contribution in [0, 0.1) is 11.3 Å². The van der Waals surface area contributed by atoms with Gasteiger partial charge in [0.25, 0.3) is 5.91 Å². The number of hydrogen-bond acceptors (Lipinski definition) is 4. The number of hydrogen-bond donors (Lipinski definition) is 1. The number of rotatable bonds is 4. The summed E-state index contributed by atoms with van der Waals surface area (Å²) in [6.45, 7) is 0. The second-order valence-electron chi connectivity index (χ2n) is 4.05. The molecule has 5 heteroatoms. The van der Waals surface area contributed by atoms with Crippen LogP contribution in [0.3, 0.4) is 0 Å². The second kappa shape index (κ2) is 6.34. The molecule has 5 nitrogen and oxygen atoms in total. The van der Waals surface area contributed by atoms with Crippen molar-refractivity contribution in [1.29, 1.82) is 5.26 Å². The lowest BCUT2D eigenvalue weighted by Gasteiger charge is -2.12. The molecule has 1 unspecified atom stereocenters. The lowest BCUT2D eigenvalue weighted by molar-refractivity contribution is 0.0945. The largest absolute Gasteiger partial charge is 0.497 e. The predicted octanol–water partition coefficient (Wildman–Crippen LogP) is 2.08. The molecule has 0 aliphatic carbocycles. The summed E-state index contributed by atoms with van der Waals surface area (Å²) >= 11 is 0. The molecule has 100 valence electrons. The van der Waals surface area contributed by atoms with Gasteiger partial charge < -0.3 is 10.1 Å². The molecule has 1 heterocycles. The van der Waals surface area contributed by atoms with Gasteiger partial charge in [0.1, 0.15) is 11.8 Å². The maximum absolute atomic E-state index is 12.0. The molecule has 0 aliphatic heterocycles. The molecule has 20 heavy (non-hydrogen) atoms. The molecule has 0 aliphatic rings. The van der Waals surface area contributed by atoms with E-state index in [1.807, 2.05) is 0 Å². The van der Waals surface area contributed by atoms with Crippen molar-refractivity contribution in [3.63, 3.8) is 0 Å². The molecule has 0 saturated heterocycles. The highest BCUT2D eigenvalue weighted by Crippen LogP contribution is 2.17. The first-order valence-corrected chi connectivity index (χ1v) is 5.99. The van der Waals surface area contributed by atoms with Crippen LogP contribution in [0.1, 0.15) is 22.0 Å². The third kappa shape index (κ3) is 3.12. The van der Waals surface area contributed by atoms with Crippen LogP contribution in [-0.4, -0.2) is 18.0 Å². The fourth-order valence-corrected chi connectivity index (χ4v) is 1.70. The van der Waals surface area contributed by atoms with Crippen molar-refractivity contribution in [3.05, 3.63) is 59.9 Å². The van der Waals surface area contributed by atoms with Gasteiger partial charge in [-0.25, -0.2) is 0 Å². The van der Waals surface area contributed by atoms with Crippen LogP contribution in [0.4, 0.5) is 0 Å². The SMILES string of the molecule is COc1ccc(C(C#N)NC(=O)c2cccnc2)cc1. The first-order chi connectivity index (χ1) is 9.74. The van der Waals surface area contributed by atoms with Gasteiger partial charge in [-0.15, -0.1) is 0 Å². The topological polar surface area (TPSA) is 75.0 Å². The first kappa shape index (κ1) is 13.6. The van der Waals surface area contributed by atoms with Gasteiger partial charge in [0, 0.05) is 12.4 Å². The monoisotopic (exact) mass is 267 g/mol. The Labute approximate surface area is 116 Å². The van der Waals surface area contributed by atoms with E-state index in [-0.39, 0.29) is 5.91 Å². The summed E-state index contributed by atoms with van der Waals surface area (Å²) in [5.74, 6) is 0.365. The lowest BCUT2D eigenvalue weighted by Crippen LogP contribution is -2.27. The number of nitriles is 1. The van der Waals surface area contributed by atoms with E-state index in [9.17, 15) is 10.1 Å². The summed E-state index contributed by atoms with van der Waals surface area (Å²) in [4.78, 5) is 15.9. The molecular formula is C15H13N3O2. The van der Waals surface area contributed by atoms with Gasteiger partial charge in [0.15, 0.2) is 0 Å². The number of benzene rings is 1. The Bertz CT molecular complexity index is 618. The summed E-state index contributed by atoms with van der Waals surface area (Å²) < 4.78 is 5.05. The number of nitrogens with zero attached hydrogens (tertiary/aromatic N) is 2. The minimum atomic E-state index is -0.714. The Hall–Kier alpha value is -2.87. The average Bonchev–Trinajstić information content (AvgIpc) is 2.53. The molecule has 1 aromatic carbocycles. The first-order valence-electron chi connectivity index (χ1n) is 5.99. The van der Waals surface area contributed by atoms with Crippen molar-refractivity contribution < 1.29 is 9.53 Å². The van der Waals surface area contributed by atoms with Gasteiger partial charge in [-0.3, -0.25) is 9.78 Å². The number of carbonyl (C=O) groups is 1. The standard InChI is InChI=1S/C15H13N3O2/c1-20-13-6-4-11(5-7-13)14(9-16)18-15(19)12-3-2-8-17-10-12/h2-8,10,14H,1H3,(H,18,19). The maximum atomic E-state index is 12.0. The molecular weight excluding hydrogens is 254 g/mol. The molecule has 1 atom stereocenters. The number of ether oxygens (including phenoxy) is 1. The molecule has 1 aromatic heterocycles. The predicted molar refractivity (Wildman–Crippen MR) is 73.1 cm³/mol. The van der Waals surface area contributed by atoms with E-state index in [1.54, 1.807) is 49.7 Å². The Morgan fingerprint density at radius 3 is 2.65 bits per heavy atom. The van der Waals surface area contributed by atoms with E-state index in [0.29, 0.717) is 16.9 Å². The summed E-state index contributed by atoms with van der Waals surface area (Å²) in [6, 6.07) is 11.6. The molecule has 2 rings (SSSR count). The third-order valence-electron chi connectivity index (χ3n) is 2.78. The molecule has 0 saturated carbocycles. The summed E-state index contributed by atoms with van der Waals surface area (Å²) in [7, 11) is 1.57. The van der Waals surface area contributed by atoms with Crippen LogP contribution in [0.25, 0.3) is 0 Å². The van der Waals surface area contributed by atoms with Gasteiger partial charge in [-0.05, 0) is 29.8 Å². The highest BCUT2D eigenvalue weighted by Gasteiger charge is 2.15. The van der Waals surface area contributed by atoms with Crippen LogP contribution in [0.15, 0.2) is 48.8 Å². The van der Waals surface area contributed by atoms with Gasteiger partial charge in [-0.2, -0.15) is 5.26 Å². The van der Waals surface area contributed by atoms with Crippen molar-refractivity contribution in [2.24, 2.45) is 0 Å².